The molecule has 0 unspecified atom stereocenters. The summed E-state index contributed by atoms with van der Waals surface area (Å²) in [6.45, 7) is 2.03. The maximum Gasteiger partial charge on any atom is 0.238 e. The Morgan fingerprint density at radius 2 is 1.82 bits per heavy atom. The van der Waals surface area contributed by atoms with Gasteiger partial charge in [-0.05, 0) is 37.1 Å². The van der Waals surface area contributed by atoms with Crippen LogP contribution in [0.4, 0.5) is 0 Å². The summed E-state index contributed by atoms with van der Waals surface area (Å²) in [6, 6.07) is 11.2. The lowest BCUT2D eigenvalue weighted by Crippen LogP contribution is -1.93. The van der Waals surface area contributed by atoms with E-state index in [-0.39, 0.29) is 6.61 Å². The Kier molecular flexibility index (Phi) is 3.67. The van der Waals surface area contributed by atoms with Crippen molar-refractivity contribution in [1.29, 1.82) is 0 Å². The number of ether oxygens (including phenoxy) is 1. The molecule has 2 aromatic rings. The molecule has 0 bridgehead atoms. The monoisotopic (exact) mass is 230 g/mol. The summed E-state index contributed by atoms with van der Waals surface area (Å²) in [4.78, 5) is 0. The summed E-state index contributed by atoms with van der Waals surface area (Å²) >= 11 is 0. The second-order valence-corrected chi connectivity index (χ2v) is 3.73. The zero-order valence-electron chi connectivity index (χ0n) is 9.63. The molecule has 0 aliphatic heterocycles. The predicted octanol–water partition coefficient (Wildman–Crippen LogP) is 2.11. The van der Waals surface area contributed by atoms with Crippen molar-refractivity contribution >= 4 is 0 Å². The SMILES string of the molecule is Cc1ccc(Oc2ccc(CCO)cc2)nn1. The average Bonchev–Trinajstić information content (AvgIpc) is 2.35. The van der Waals surface area contributed by atoms with E-state index >= 15 is 0 Å². The van der Waals surface area contributed by atoms with Crippen LogP contribution in [0, 0.1) is 6.92 Å². The van der Waals surface area contributed by atoms with E-state index in [1.807, 2.05) is 37.3 Å². The number of aryl methyl sites for hydroxylation is 1. The van der Waals surface area contributed by atoms with Crippen LogP contribution in [0.5, 0.6) is 11.6 Å². The van der Waals surface area contributed by atoms with E-state index in [4.69, 9.17) is 9.84 Å². The van der Waals surface area contributed by atoms with Crippen molar-refractivity contribution in [3.63, 3.8) is 0 Å². The van der Waals surface area contributed by atoms with Gasteiger partial charge < -0.3 is 9.84 Å². The van der Waals surface area contributed by atoms with Crippen LogP contribution in [-0.2, 0) is 6.42 Å². The molecule has 2 rings (SSSR count). The standard InChI is InChI=1S/C13H14N2O2/c1-10-2-7-13(15-14-10)17-12-5-3-11(4-6-12)8-9-16/h2-7,16H,8-9H2,1H3. The Morgan fingerprint density at radius 3 is 2.41 bits per heavy atom. The number of aromatic nitrogens is 2. The van der Waals surface area contributed by atoms with Gasteiger partial charge in [-0.25, -0.2) is 0 Å². The van der Waals surface area contributed by atoms with Gasteiger partial charge in [0.25, 0.3) is 0 Å². The van der Waals surface area contributed by atoms with Gasteiger partial charge >= 0.3 is 0 Å². The fourth-order valence-corrected chi connectivity index (χ4v) is 1.42. The topological polar surface area (TPSA) is 55.2 Å². The summed E-state index contributed by atoms with van der Waals surface area (Å²) in [5.41, 5.74) is 1.94. The van der Waals surface area contributed by atoms with Crippen molar-refractivity contribution in [2.75, 3.05) is 6.61 Å². The summed E-state index contributed by atoms with van der Waals surface area (Å²) in [5, 5.41) is 16.6. The highest BCUT2D eigenvalue weighted by Crippen LogP contribution is 2.19. The quantitative estimate of drug-likeness (QED) is 0.874. The fraction of sp³-hybridized carbons (Fsp3) is 0.231. The second-order valence-electron chi connectivity index (χ2n) is 3.73. The highest BCUT2D eigenvalue weighted by Gasteiger charge is 1.99. The largest absolute Gasteiger partial charge is 0.438 e. The number of nitrogens with zero attached hydrogens (tertiary/aromatic N) is 2. The first-order valence-electron chi connectivity index (χ1n) is 5.46. The Morgan fingerprint density at radius 1 is 1.06 bits per heavy atom. The van der Waals surface area contributed by atoms with Crippen LogP contribution in [0.1, 0.15) is 11.3 Å². The Bertz CT molecular complexity index is 466. The zero-order chi connectivity index (χ0) is 12.1. The molecule has 0 saturated heterocycles. The van der Waals surface area contributed by atoms with Crippen molar-refractivity contribution in [3.05, 3.63) is 47.7 Å². The molecule has 4 nitrogen and oxygen atoms in total. The summed E-state index contributed by atoms with van der Waals surface area (Å²) in [6.07, 6.45) is 0.657. The molecular weight excluding hydrogens is 216 g/mol. The Labute approximate surface area is 99.9 Å². The molecule has 1 aromatic heterocycles. The smallest absolute Gasteiger partial charge is 0.238 e. The number of hydrogen-bond donors (Lipinski definition) is 1. The minimum absolute atomic E-state index is 0.156. The molecule has 0 radical (unpaired) electrons. The van der Waals surface area contributed by atoms with Crippen LogP contribution in [0.2, 0.25) is 0 Å². The molecule has 1 N–H and O–H groups in total. The molecule has 1 heterocycles. The van der Waals surface area contributed by atoms with E-state index in [1.54, 1.807) is 6.07 Å². The normalized spacial score (nSPS) is 10.2. The third-order valence-corrected chi connectivity index (χ3v) is 2.32. The third kappa shape index (κ3) is 3.26. The molecule has 0 amide bonds. The first kappa shape index (κ1) is 11.5. The molecule has 4 heteroatoms. The van der Waals surface area contributed by atoms with Crippen molar-refractivity contribution in [2.45, 2.75) is 13.3 Å². The molecule has 1 aromatic carbocycles. The van der Waals surface area contributed by atoms with Crippen molar-refractivity contribution < 1.29 is 9.84 Å². The number of aliphatic hydroxyl groups excluding tert-OH is 1. The molecular formula is C13H14N2O2. The van der Waals surface area contributed by atoms with E-state index in [0.717, 1.165) is 11.3 Å². The minimum Gasteiger partial charge on any atom is -0.438 e. The highest BCUT2D eigenvalue weighted by atomic mass is 16.5. The zero-order valence-corrected chi connectivity index (χ0v) is 9.63. The molecule has 0 atom stereocenters. The van der Waals surface area contributed by atoms with Crippen molar-refractivity contribution in [1.82, 2.24) is 10.2 Å². The lowest BCUT2D eigenvalue weighted by Gasteiger charge is -2.05. The number of benzene rings is 1. The van der Waals surface area contributed by atoms with Crippen LogP contribution in [0.25, 0.3) is 0 Å². The maximum absolute atomic E-state index is 8.80. The van der Waals surface area contributed by atoms with E-state index < -0.39 is 0 Å². The van der Waals surface area contributed by atoms with E-state index in [0.29, 0.717) is 18.1 Å². The van der Waals surface area contributed by atoms with Crippen LogP contribution in [0.3, 0.4) is 0 Å². The van der Waals surface area contributed by atoms with Gasteiger partial charge in [-0.3, -0.25) is 0 Å². The Balaban J connectivity index is 2.05. The molecule has 0 aliphatic carbocycles. The minimum atomic E-state index is 0.156. The van der Waals surface area contributed by atoms with Gasteiger partial charge in [0.15, 0.2) is 0 Å². The lowest BCUT2D eigenvalue weighted by atomic mass is 10.1. The average molecular weight is 230 g/mol. The number of rotatable bonds is 4. The first-order chi connectivity index (χ1) is 8.28. The highest BCUT2D eigenvalue weighted by molar-refractivity contribution is 5.30. The van der Waals surface area contributed by atoms with Crippen LogP contribution in [-0.4, -0.2) is 21.9 Å². The third-order valence-electron chi connectivity index (χ3n) is 2.32. The number of hydrogen-bond acceptors (Lipinski definition) is 4. The summed E-state index contributed by atoms with van der Waals surface area (Å²) < 4.78 is 5.53. The van der Waals surface area contributed by atoms with Gasteiger partial charge in [0.2, 0.25) is 5.88 Å². The second kappa shape index (κ2) is 5.41. The predicted molar refractivity (Wildman–Crippen MR) is 64.1 cm³/mol. The van der Waals surface area contributed by atoms with Gasteiger partial charge in [-0.2, -0.15) is 5.10 Å². The molecule has 0 fully saturated rings. The number of aliphatic hydroxyl groups is 1. The molecule has 17 heavy (non-hydrogen) atoms. The van der Waals surface area contributed by atoms with E-state index in [9.17, 15) is 0 Å². The van der Waals surface area contributed by atoms with E-state index in [2.05, 4.69) is 10.2 Å². The molecule has 0 spiro atoms. The van der Waals surface area contributed by atoms with Crippen molar-refractivity contribution in [2.24, 2.45) is 0 Å². The molecule has 88 valence electrons. The van der Waals surface area contributed by atoms with Gasteiger partial charge in [-0.1, -0.05) is 12.1 Å². The van der Waals surface area contributed by atoms with Gasteiger partial charge in [0, 0.05) is 12.7 Å². The van der Waals surface area contributed by atoms with Crippen LogP contribution in [0.15, 0.2) is 36.4 Å². The molecule has 0 aliphatic rings. The summed E-state index contributed by atoms with van der Waals surface area (Å²) in [7, 11) is 0. The summed E-state index contributed by atoms with van der Waals surface area (Å²) in [5.74, 6) is 1.19. The van der Waals surface area contributed by atoms with Crippen LogP contribution >= 0.6 is 0 Å². The lowest BCUT2D eigenvalue weighted by molar-refractivity contribution is 0.299. The van der Waals surface area contributed by atoms with Gasteiger partial charge in [0.1, 0.15) is 5.75 Å². The molecule has 0 saturated carbocycles. The van der Waals surface area contributed by atoms with Crippen LogP contribution < -0.4 is 4.74 Å². The Hall–Kier alpha value is -1.94. The first-order valence-corrected chi connectivity index (χ1v) is 5.46. The van der Waals surface area contributed by atoms with Gasteiger partial charge in [-0.15, -0.1) is 5.10 Å². The fourth-order valence-electron chi connectivity index (χ4n) is 1.42. The van der Waals surface area contributed by atoms with Gasteiger partial charge in [0.05, 0.1) is 5.69 Å². The van der Waals surface area contributed by atoms with Crippen molar-refractivity contribution in [3.8, 4) is 11.6 Å². The van der Waals surface area contributed by atoms with E-state index in [1.165, 1.54) is 0 Å². The maximum atomic E-state index is 8.80.